The monoisotopic (exact) mass is 396 g/mol. The van der Waals surface area contributed by atoms with Crippen LogP contribution in [-0.2, 0) is 0 Å². The molecular weight excluding hydrogens is 372 g/mol. The van der Waals surface area contributed by atoms with Crippen molar-refractivity contribution in [3.8, 4) is 5.75 Å². The summed E-state index contributed by atoms with van der Waals surface area (Å²) in [7, 11) is 0. The van der Waals surface area contributed by atoms with Crippen molar-refractivity contribution in [1.82, 2.24) is 10.2 Å². The lowest BCUT2D eigenvalue weighted by atomic mass is 9.80. The fourth-order valence-corrected chi connectivity index (χ4v) is 4.10. The van der Waals surface area contributed by atoms with E-state index in [2.05, 4.69) is 15.0 Å². The van der Waals surface area contributed by atoms with Crippen molar-refractivity contribution in [2.75, 3.05) is 26.2 Å². The molecule has 0 unspecified atom stereocenters. The van der Waals surface area contributed by atoms with Crippen LogP contribution in [0.25, 0.3) is 0 Å². The number of ether oxygens (including phenoxy) is 1. The number of hydrogen-bond acceptors (Lipinski definition) is 3. The highest BCUT2D eigenvalue weighted by Crippen LogP contribution is 2.39. The normalized spacial score (nSPS) is 21.1. The van der Waals surface area contributed by atoms with Crippen molar-refractivity contribution >= 4 is 12.4 Å². The molecule has 3 nitrogen and oxygen atoms in total. The Hall–Kier alpha value is -1.05. The Morgan fingerprint density at radius 3 is 2.31 bits per heavy atom. The molecule has 1 aliphatic heterocycles. The zero-order valence-electron chi connectivity index (χ0n) is 14.5. The van der Waals surface area contributed by atoms with Crippen molar-refractivity contribution in [1.29, 1.82) is 0 Å². The number of nitrogens with one attached hydrogen (secondary N) is 1. The molecular formula is C18H25ClF4N2O. The first-order valence-corrected chi connectivity index (χ1v) is 8.94. The van der Waals surface area contributed by atoms with Gasteiger partial charge in [0.25, 0.3) is 0 Å². The van der Waals surface area contributed by atoms with E-state index in [-0.39, 0.29) is 18.4 Å². The molecule has 1 N–H and O–H groups in total. The zero-order valence-corrected chi connectivity index (χ0v) is 15.3. The first kappa shape index (κ1) is 21.3. The van der Waals surface area contributed by atoms with Gasteiger partial charge >= 0.3 is 6.36 Å². The molecule has 2 aliphatic rings. The number of rotatable bonds is 4. The lowest BCUT2D eigenvalue weighted by Crippen LogP contribution is -2.47. The Morgan fingerprint density at radius 2 is 1.73 bits per heavy atom. The van der Waals surface area contributed by atoms with Crippen LogP contribution < -0.4 is 10.1 Å². The minimum Gasteiger partial charge on any atom is -0.403 e. The predicted molar refractivity (Wildman–Crippen MR) is 94.1 cm³/mol. The zero-order chi connectivity index (χ0) is 17.9. The van der Waals surface area contributed by atoms with Crippen molar-refractivity contribution in [3.05, 3.63) is 29.6 Å². The number of nitrogens with zero attached hydrogens (tertiary/aromatic N) is 1. The lowest BCUT2D eigenvalue weighted by Gasteiger charge is -2.41. The quantitative estimate of drug-likeness (QED) is 0.748. The summed E-state index contributed by atoms with van der Waals surface area (Å²) in [6.07, 6.45) is 0.811. The van der Waals surface area contributed by atoms with Gasteiger partial charge in [-0.3, -0.25) is 4.90 Å². The molecule has 26 heavy (non-hydrogen) atoms. The maximum absolute atomic E-state index is 14.2. The summed E-state index contributed by atoms with van der Waals surface area (Å²) < 4.78 is 55.1. The minimum absolute atomic E-state index is 0. The van der Waals surface area contributed by atoms with Crippen molar-refractivity contribution in [3.63, 3.8) is 0 Å². The lowest BCUT2D eigenvalue weighted by molar-refractivity contribution is -0.275. The van der Waals surface area contributed by atoms with Crippen LogP contribution in [0.5, 0.6) is 5.75 Å². The molecule has 0 bridgehead atoms. The van der Waals surface area contributed by atoms with Gasteiger partial charge in [-0.1, -0.05) is 25.3 Å². The molecule has 1 atom stereocenters. The second-order valence-electron chi connectivity index (χ2n) is 6.87. The van der Waals surface area contributed by atoms with E-state index in [1.807, 2.05) is 0 Å². The largest absolute Gasteiger partial charge is 0.573 e. The van der Waals surface area contributed by atoms with Crippen LogP contribution in [0.3, 0.4) is 0 Å². The van der Waals surface area contributed by atoms with Gasteiger partial charge in [-0.2, -0.15) is 0 Å². The van der Waals surface area contributed by atoms with E-state index in [0.29, 0.717) is 5.92 Å². The number of halogens is 5. The van der Waals surface area contributed by atoms with Crippen LogP contribution >= 0.6 is 12.4 Å². The van der Waals surface area contributed by atoms with Gasteiger partial charge in [0, 0.05) is 32.2 Å². The topological polar surface area (TPSA) is 24.5 Å². The molecule has 1 aliphatic carbocycles. The smallest absolute Gasteiger partial charge is 0.403 e. The molecule has 1 aromatic rings. The van der Waals surface area contributed by atoms with E-state index in [1.54, 1.807) is 6.07 Å². The third kappa shape index (κ3) is 5.47. The Kier molecular flexibility index (Phi) is 7.55. The molecule has 0 radical (unpaired) electrons. The second-order valence-corrected chi connectivity index (χ2v) is 6.87. The van der Waals surface area contributed by atoms with Gasteiger partial charge in [0.1, 0.15) is 0 Å². The van der Waals surface area contributed by atoms with E-state index in [0.717, 1.165) is 63.5 Å². The summed E-state index contributed by atoms with van der Waals surface area (Å²) >= 11 is 0. The number of piperazine rings is 1. The van der Waals surface area contributed by atoms with E-state index >= 15 is 0 Å². The third-order valence-corrected chi connectivity index (χ3v) is 5.16. The van der Waals surface area contributed by atoms with E-state index in [1.165, 1.54) is 12.5 Å². The van der Waals surface area contributed by atoms with Crippen LogP contribution in [0.15, 0.2) is 18.2 Å². The van der Waals surface area contributed by atoms with Crippen molar-refractivity contribution in [2.24, 2.45) is 5.92 Å². The molecule has 3 rings (SSSR count). The average molecular weight is 397 g/mol. The highest BCUT2D eigenvalue weighted by atomic mass is 35.5. The molecule has 0 aromatic heterocycles. The summed E-state index contributed by atoms with van der Waals surface area (Å²) in [6, 6.07) is 3.97. The van der Waals surface area contributed by atoms with Crippen LogP contribution in [0.2, 0.25) is 0 Å². The molecule has 1 saturated heterocycles. The highest BCUT2D eigenvalue weighted by molar-refractivity contribution is 5.85. The second kappa shape index (κ2) is 9.24. The molecule has 8 heteroatoms. The molecule has 1 heterocycles. The number of alkyl halides is 3. The maximum Gasteiger partial charge on any atom is 0.573 e. The minimum atomic E-state index is -4.89. The van der Waals surface area contributed by atoms with Crippen LogP contribution in [0.4, 0.5) is 17.6 Å². The molecule has 1 aromatic carbocycles. The van der Waals surface area contributed by atoms with Gasteiger partial charge in [0.2, 0.25) is 0 Å². The van der Waals surface area contributed by atoms with E-state index < -0.39 is 17.9 Å². The highest BCUT2D eigenvalue weighted by Gasteiger charge is 2.34. The summed E-state index contributed by atoms with van der Waals surface area (Å²) in [5, 5.41) is 3.31. The van der Waals surface area contributed by atoms with Gasteiger partial charge in [-0.15, -0.1) is 25.6 Å². The van der Waals surface area contributed by atoms with Crippen molar-refractivity contribution < 1.29 is 22.3 Å². The summed E-state index contributed by atoms with van der Waals surface area (Å²) in [5.74, 6) is -1.30. The predicted octanol–water partition coefficient (Wildman–Crippen LogP) is 4.67. The van der Waals surface area contributed by atoms with Gasteiger partial charge < -0.3 is 10.1 Å². The van der Waals surface area contributed by atoms with E-state index in [9.17, 15) is 17.6 Å². The Labute approximate surface area is 157 Å². The third-order valence-electron chi connectivity index (χ3n) is 5.16. The SMILES string of the molecule is Cl.Fc1cc([C@H](C2CCCCC2)N2CCNCC2)ccc1OC(F)(F)F. The van der Waals surface area contributed by atoms with Gasteiger partial charge in [-0.05, 0) is 36.5 Å². The fourth-order valence-electron chi connectivity index (χ4n) is 4.10. The van der Waals surface area contributed by atoms with Gasteiger partial charge in [-0.25, -0.2) is 4.39 Å². The number of benzene rings is 1. The molecule has 1 saturated carbocycles. The van der Waals surface area contributed by atoms with E-state index in [4.69, 9.17) is 0 Å². The molecule has 148 valence electrons. The maximum atomic E-state index is 14.2. The van der Waals surface area contributed by atoms with Gasteiger partial charge in [0.05, 0.1) is 0 Å². The molecule has 0 amide bonds. The summed E-state index contributed by atoms with van der Waals surface area (Å²) in [4.78, 5) is 2.34. The van der Waals surface area contributed by atoms with Crippen molar-refractivity contribution in [2.45, 2.75) is 44.5 Å². The first-order chi connectivity index (χ1) is 11.9. The summed E-state index contributed by atoms with van der Waals surface area (Å²) in [6.45, 7) is 3.48. The summed E-state index contributed by atoms with van der Waals surface area (Å²) in [5.41, 5.74) is 0.751. The molecule has 2 fully saturated rings. The van der Waals surface area contributed by atoms with Crippen LogP contribution in [0.1, 0.15) is 43.7 Å². The number of hydrogen-bond donors (Lipinski definition) is 1. The Balaban J connectivity index is 0.00000243. The first-order valence-electron chi connectivity index (χ1n) is 8.94. The standard InChI is InChI=1S/C18H24F4N2O.ClH/c19-15-12-14(6-7-16(15)25-18(20,21)22)17(13-4-2-1-3-5-13)24-10-8-23-9-11-24;/h6-7,12-13,17,23H,1-5,8-11H2;1H/t17-;/m0./s1. The Bertz CT molecular complexity index is 555. The van der Waals surface area contributed by atoms with Crippen LogP contribution in [0, 0.1) is 11.7 Å². The molecule has 0 spiro atoms. The van der Waals surface area contributed by atoms with Gasteiger partial charge in [0.15, 0.2) is 11.6 Å². The van der Waals surface area contributed by atoms with Crippen LogP contribution in [-0.4, -0.2) is 37.4 Å². The Morgan fingerprint density at radius 1 is 1.08 bits per heavy atom. The average Bonchev–Trinajstić information content (AvgIpc) is 2.58. The fraction of sp³-hybridized carbons (Fsp3) is 0.667.